The molecule has 3 heteroatoms. The van der Waals surface area contributed by atoms with Crippen LogP contribution < -0.4 is 5.32 Å². The molecule has 0 bridgehead atoms. The third-order valence-corrected chi connectivity index (χ3v) is 3.65. The molecule has 1 heterocycles. The van der Waals surface area contributed by atoms with Crippen molar-refractivity contribution in [2.45, 2.75) is 76.9 Å². The zero-order valence-electron chi connectivity index (χ0n) is 12.3. The number of carbonyl (C=O) groups excluding carboxylic acids is 1. The molecule has 0 aromatic heterocycles. The topological polar surface area (TPSA) is 38.3 Å². The van der Waals surface area contributed by atoms with E-state index in [1.165, 1.54) is 25.7 Å². The number of nitrogens with one attached hydrogen (secondary N) is 1. The maximum Gasteiger partial charge on any atom is 0.306 e. The number of hydrogen-bond donors (Lipinski definition) is 1. The van der Waals surface area contributed by atoms with E-state index in [9.17, 15) is 4.79 Å². The zero-order valence-corrected chi connectivity index (χ0v) is 12.3. The average molecular weight is 267 g/mol. The van der Waals surface area contributed by atoms with Crippen molar-refractivity contribution in [1.29, 1.82) is 0 Å². The van der Waals surface area contributed by atoms with Crippen LogP contribution in [0.5, 0.6) is 0 Å². The Bertz CT molecular complexity index is 265. The number of allylic oxidation sites excluding steroid dienone is 1. The number of unbranched alkanes of at least 4 members (excludes halogenated alkanes) is 6. The van der Waals surface area contributed by atoms with E-state index in [4.69, 9.17) is 4.74 Å². The SMILES string of the molecule is C=CCCCCCCCCC(=O)OC1CNC(C)C1. The van der Waals surface area contributed by atoms with Gasteiger partial charge in [0.05, 0.1) is 0 Å². The van der Waals surface area contributed by atoms with Crippen LogP contribution in [0.25, 0.3) is 0 Å². The predicted molar refractivity (Wildman–Crippen MR) is 79.1 cm³/mol. The summed E-state index contributed by atoms with van der Waals surface area (Å²) in [5.74, 6) is -0.0208. The standard InChI is InChI=1S/C16H29NO2/c1-3-4-5-6-7-8-9-10-11-16(18)19-15-12-14(2)17-13-15/h3,14-15,17H,1,4-13H2,2H3. The van der Waals surface area contributed by atoms with Crippen LogP contribution in [-0.2, 0) is 9.53 Å². The minimum atomic E-state index is -0.0208. The maximum absolute atomic E-state index is 11.6. The molecule has 1 saturated heterocycles. The first-order chi connectivity index (χ1) is 9.22. The van der Waals surface area contributed by atoms with Crippen molar-refractivity contribution in [3.63, 3.8) is 0 Å². The van der Waals surface area contributed by atoms with Crippen LogP contribution >= 0.6 is 0 Å². The highest BCUT2D eigenvalue weighted by Crippen LogP contribution is 2.13. The summed E-state index contributed by atoms with van der Waals surface area (Å²) in [6.07, 6.45) is 11.9. The van der Waals surface area contributed by atoms with Crippen LogP contribution in [0.3, 0.4) is 0 Å². The van der Waals surface area contributed by atoms with E-state index in [2.05, 4.69) is 18.8 Å². The lowest BCUT2D eigenvalue weighted by Crippen LogP contribution is -2.21. The second kappa shape index (κ2) is 10.0. The summed E-state index contributed by atoms with van der Waals surface area (Å²) < 4.78 is 5.43. The van der Waals surface area contributed by atoms with Crippen LogP contribution in [0.4, 0.5) is 0 Å². The van der Waals surface area contributed by atoms with Gasteiger partial charge >= 0.3 is 5.97 Å². The van der Waals surface area contributed by atoms with Crippen molar-refractivity contribution in [3.05, 3.63) is 12.7 Å². The highest BCUT2D eigenvalue weighted by molar-refractivity contribution is 5.69. The van der Waals surface area contributed by atoms with Gasteiger partial charge in [0, 0.05) is 25.4 Å². The van der Waals surface area contributed by atoms with Gasteiger partial charge in [0.25, 0.3) is 0 Å². The number of esters is 1. The van der Waals surface area contributed by atoms with Crippen molar-refractivity contribution in [1.82, 2.24) is 5.32 Å². The van der Waals surface area contributed by atoms with Crippen molar-refractivity contribution < 1.29 is 9.53 Å². The van der Waals surface area contributed by atoms with Crippen LogP contribution in [0, 0.1) is 0 Å². The molecule has 2 unspecified atom stereocenters. The monoisotopic (exact) mass is 267 g/mol. The Balaban J connectivity index is 1.88. The van der Waals surface area contributed by atoms with E-state index in [1.54, 1.807) is 0 Å². The Kier molecular flexibility index (Phi) is 8.55. The molecule has 0 aromatic rings. The molecule has 0 saturated carbocycles. The van der Waals surface area contributed by atoms with E-state index >= 15 is 0 Å². The Hall–Kier alpha value is -0.830. The smallest absolute Gasteiger partial charge is 0.306 e. The number of hydrogen-bond acceptors (Lipinski definition) is 3. The minimum absolute atomic E-state index is 0.0208. The molecule has 0 aliphatic carbocycles. The number of ether oxygens (including phenoxy) is 1. The van der Waals surface area contributed by atoms with Gasteiger partial charge in [-0.15, -0.1) is 6.58 Å². The summed E-state index contributed by atoms with van der Waals surface area (Å²) in [6.45, 7) is 6.66. The quantitative estimate of drug-likeness (QED) is 0.373. The first-order valence-electron chi connectivity index (χ1n) is 7.76. The summed E-state index contributed by atoms with van der Waals surface area (Å²) in [6, 6.07) is 0.480. The fraction of sp³-hybridized carbons (Fsp3) is 0.812. The van der Waals surface area contributed by atoms with E-state index < -0.39 is 0 Å². The first kappa shape index (κ1) is 16.2. The molecular formula is C16H29NO2. The van der Waals surface area contributed by atoms with Crippen LogP contribution in [0.1, 0.15) is 64.7 Å². The van der Waals surface area contributed by atoms with Crippen molar-refractivity contribution >= 4 is 5.97 Å². The van der Waals surface area contributed by atoms with Gasteiger partial charge in [-0.2, -0.15) is 0 Å². The molecule has 3 nitrogen and oxygen atoms in total. The molecular weight excluding hydrogens is 238 g/mol. The number of carbonyl (C=O) groups is 1. The Labute approximate surface area is 117 Å². The summed E-state index contributed by atoms with van der Waals surface area (Å²) in [5.41, 5.74) is 0. The van der Waals surface area contributed by atoms with Crippen molar-refractivity contribution in [3.8, 4) is 0 Å². The molecule has 110 valence electrons. The lowest BCUT2D eigenvalue weighted by Gasteiger charge is -2.10. The molecule has 0 spiro atoms. The lowest BCUT2D eigenvalue weighted by atomic mass is 10.1. The van der Waals surface area contributed by atoms with E-state index in [1.807, 2.05) is 6.08 Å². The van der Waals surface area contributed by atoms with Gasteiger partial charge in [-0.05, 0) is 26.2 Å². The lowest BCUT2D eigenvalue weighted by molar-refractivity contribution is -0.148. The normalized spacial score (nSPS) is 22.4. The van der Waals surface area contributed by atoms with Crippen LogP contribution in [0.15, 0.2) is 12.7 Å². The molecule has 0 aromatic carbocycles. The summed E-state index contributed by atoms with van der Waals surface area (Å²) >= 11 is 0. The second-order valence-corrected chi connectivity index (χ2v) is 5.61. The molecule has 0 radical (unpaired) electrons. The van der Waals surface area contributed by atoms with Gasteiger partial charge in [0.15, 0.2) is 0 Å². The second-order valence-electron chi connectivity index (χ2n) is 5.61. The third kappa shape index (κ3) is 8.04. The highest BCUT2D eigenvalue weighted by atomic mass is 16.5. The number of rotatable bonds is 10. The maximum atomic E-state index is 11.6. The van der Waals surface area contributed by atoms with Crippen molar-refractivity contribution in [2.75, 3.05) is 6.54 Å². The zero-order chi connectivity index (χ0) is 13.9. The molecule has 1 rings (SSSR count). The van der Waals surface area contributed by atoms with Gasteiger partial charge in [-0.25, -0.2) is 0 Å². The van der Waals surface area contributed by atoms with Gasteiger partial charge in [-0.1, -0.05) is 31.8 Å². The Morgan fingerprint density at radius 3 is 2.58 bits per heavy atom. The van der Waals surface area contributed by atoms with Gasteiger partial charge in [0.2, 0.25) is 0 Å². The largest absolute Gasteiger partial charge is 0.461 e. The molecule has 2 atom stereocenters. The van der Waals surface area contributed by atoms with Gasteiger partial charge in [0.1, 0.15) is 6.10 Å². The Morgan fingerprint density at radius 2 is 1.95 bits per heavy atom. The molecule has 0 amide bonds. The van der Waals surface area contributed by atoms with Crippen LogP contribution in [0.2, 0.25) is 0 Å². The summed E-state index contributed by atoms with van der Waals surface area (Å²) in [4.78, 5) is 11.6. The van der Waals surface area contributed by atoms with E-state index in [-0.39, 0.29) is 12.1 Å². The van der Waals surface area contributed by atoms with E-state index in [0.717, 1.165) is 32.2 Å². The average Bonchev–Trinajstić information content (AvgIpc) is 2.78. The fourth-order valence-corrected chi connectivity index (χ4v) is 2.49. The van der Waals surface area contributed by atoms with Crippen molar-refractivity contribution in [2.24, 2.45) is 0 Å². The van der Waals surface area contributed by atoms with Gasteiger partial charge < -0.3 is 10.1 Å². The summed E-state index contributed by atoms with van der Waals surface area (Å²) in [7, 11) is 0. The summed E-state index contributed by atoms with van der Waals surface area (Å²) in [5, 5.41) is 3.29. The van der Waals surface area contributed by atoms with Gasteiger partial charge in [-0.3, -0.25) is 4.79 Å². The van der Waals surface area contributed by atoms with E-state index in [0.29, 0.717) is 12.5 Å². The molecule has 1 N–H and O–H groups in total. The molecule has 1 fully saturated rings. The van der Waals surface area contributed by atoms with Crippen LogP contribution in [-0.4, -0.2) is 24.7 Å². The molecule has 19 heavy (non-hydrogen) atoms. The highest BCUT2D eigenvalue weighted by Gasteiger charge is 2.23. The minimum Gasteiger partial charge on any atom is -0.461 e. The Morgan fingerprint density at radius 1 is 1.26 bits per heavy atom. The predicted octanol–water partition coefficient (Wildman–Crippen LogP) is 3.59. The molecule has 1 aliphatic heterocycles. The third-order valence-electron chi connectivity index (χ3n) is 3.65. The molecule has 1 aliphatic rings. The first-order valence-corrected chi connectivity index (χ1v) is 7.76. The fourth-order valence-electron chi connectivity index (χ4n) is 2.49.